The number of para-hydroxylation sites is 1. The molecule has 0 bridgehead atoms. The Balaban J connectivity index is 1.52. The molecule has 0 radical (unpaired) electrons. The molecule has 1 N–H and O–H groups in total. The second-order valence-corrected chi connectivity index (χ2v) is 8.30. The first-order valence-electron chi connectivity index (χ1n) is 11.2. The highest BCUT2D eigenvalue weighted by Crippen LogP contribution is 2.28. The third-order valence-electron chi connectivity index (χ3n) is 5.82. The van der Waals surface area contributed by atoms with Crippen LogP contribution < -0.4 is 5.32 Å². The molecule has 2 aromatic heterocycles. The van der Waals surface area contributed by atoms with Crippen molar-refractivity contribution in [2.24, 2.45) is 0 Å². The largest absolute Gasteiger partial charge is 0.322 e. The van der Waals surface area contributed by atoms with Gasteiger partial charge in [0.1, 0.15) is 11.3 Å². The quantitative estimate of drug-likeness (QED) is 0.310. The summed E-state index contributed by atoms with van der Waals surface area (Å²) in [6.07, 6.45) is -0.869. The zero-order valence-electron chi connectivity index (χ0n) is 19.0. The van der Waals surface area contributed by atoms with Gasteiger partial charge in [-0.3, -0.25) is 4.79 Å². The molecule has 2 heterocycles. The van der Waals surface area contributed by atoms with Crippen LogP contribution in [0.2, 0.25) is 0 Å². The number of rotatable bonds is 6. The fraction of sp³-hybridized carbons (Fsp3) is 0.107. The van der Waals surface area contributed by atoms with Gasteiger partial charge in [0.25, 0.3) is 12.3 Å². The SMILES string of the molecule is Cc1ccc(-c2cc(C(F)F)n3ncc(C(=O)Nc4ccccc4Cc4ccccc4)c3n2)cc1. The van der Waals surface area contributed by atoms with Crippen LogP contribution in [-0.2, 0) is 6.42 Å². The number of aromatic nitrogens is 3. The fourth-order valence-electron chi connectivity index (χ4n) is 3.98. The van der Waals surface area contributed by atoms with E-state index in [9.17, 15) is 13.6 Å². The minimum atomic E-state index is -2.79. The Bertz CT molecular complexity index is 1500. The van der Waals surface area contributed by atoms with Gasteiger partial charge in [-0.15, -0.1) is 0 Å². The van der Waals surface area contributed by atoms with Gasteiger partial charge in [0.05, 0.1) is 11.9 Å². The summed E-state index contributed by atoms with van der Waals surface area (Å²) in [4.78, 5) is 17.8. The number of nitrogens with one attached hydrogen (secondary N) is 1. The van der Waals surface area contributed by atoms with Gasteiger partial charge in [0.15, 0.2) is 5.65 Å². The molecule has 35 heavy (non-hydrogen) atoms. The van der Waals surface area contributed by atoms with Gasteiger partial charge < -0.3 is 5.32 Å². The molecule has 5 rings (SSSR count). The Labute approximate surface area is 201 Å². The summed E-state index contributed by atoms with van der Waals surface area (Å²) in [5, 5.41) is 6.98. The molecule has 0 aliphatic heterocycles. The molecular formula is C28H22F2N4O. The zero-order chi connectivity index (χ0) is 24.4. The lowest BCUT2D eigenvalue weighted by Gasteiger charge is -2.12. The molecule has 0 fully saturated rings. The van der Waals surface area contributed by atoms with E-state index in [-0.39, 0.29) is 16.9 Å². The van der Waals surface area contributed by atoms with E-state index in [1.165, 1.54) is 12.3 Å². The number of carbonyl (C=O) groups excluding carboxylic acids is 1. The third kappa shape index (κ3) is 4.66. The van der Waals surface area contributed by atoms with Crippen LogP contribution in [0.15, 0.2) is 91.1 Å². The number of anilines is 1. The molecule has 0 saturated heterocycles. The van der Waals surface area contributed by atoms with E-state index in [1.54, 1.807) is 0 Å². The maximum Gasteiger partial charge on any atom is 0.280 e. The van der Waals surface area contributed by atoms with E-state index >= 15 is 0 Å². The maximum atomic E-state index is 13.9. The van der Waals surface area contributed by atoms with Crippen molar-refractivity contribution >= 4 is 17.2 Å². The van der Waals surface area contributed by atoms with E-state index in [1.807, 2.05) is 85.8 Å². The van der Waals surface area contributed by atoms with Crippen LogP contribution in [0.25, 0.3) is 16.9 Å². The molecule has 1 amide bonds. The van der Waals surface area contributed by atoms with E-state index in [2.05, 4.69) is 15.4 Å². The zero-order valence-corrected chi connectivity index (χ0v) is 19.0. The Morgan fingerprint density at radius 1 is 0.971 bits per heavy atom. The Morgan fingerprint density at radius 2 is 1.69 bits per heavy atom. The van der Waals surface area contributed by atoms with Gasteiger partial charge in [-0.05, 0) is 36.6 Å². The highest BCUT2D eigenvalue weighted by molar-refractivity contribution is 6.08. The molecule has 0 aliphatic rings. The number of amides is 1. The number of halogens is 2. The van der Waals surface area contributed by atoms with E-state index in [4.69, 9.17) is 0 Å². The number of alkyl halides is 2. The number of fused-ring (bicyclic) bond motifs is 1. The molecule has 174 valence electrons. The maximum absolute atomic E-state index is 13.9. The van der Waals surface area contributed by atoms with Crippen molar-refractivity contribution in [1.82, 2.24) is 14.6 Å². The average Bonchev–Trinajstić information content (AvgIpc) is 3.30. The summed E-state index contributed by atoms with van der Waals surface area (Å²) >= 11 is 0. The predicted octanol–water partition coefficient (Wildman–Crippen LogP) is 6.49. The van der Waals surface area contributed by atoms with Crippen molar-refractivity contribution in [3.63, 3.8) is 0 Å². The highest BCUT2D eigenvalue weighted by atomic mass is 19.3. The predicted molar refractivity (Wildman–Crippen MR) is 132 cm³/mol. The number of hydrogen-bond acceptors (Lipinski definition) is 3. The summed E-state index contributed by atoms with van der Waals surface area (Å²) in [6.45, 7) is 1.94. The van der Waals surface area contributed by atoms with Crippen LogP contribution in [0.5, 0.6) is 0 Å². The van der Waals surface area contributed by atoms with Crippen LogP contribution in [0.4, 0.5) is 14.5 Å². The lowest BCUT2D eigenvalue weighted by Crippen LogP contribution is -2.14. The Morgan fingerprint density at radius 3 is 2.43 bits per heavy atom. The van der Waals surface area contributed by atoms with Crippen molar-refractivity contribution in [3.05, 3.63) is 119 Å². The van der Waals surface area contributed by atoms with Gasteiger partial charge in [0, 0.05) is 11.3 Å². The molecule has 5 aromatic rings. The normalized spacial score (nSPS) is 11.2. The standard InChI is InChI=1S/C28H22F2N4O/c1-18-11-13-20(14-12-18)24-16-25(26(29)30)34-27(32-24)22(17-31-34)28(35)33-23-10-6-5-9-21(23)15-19-7-3-2-4-8-19/h2-14,16-17,26H,15H2,1H3,(H,33,35). The minimum Gasteiger partial charge on any atom is -0.322 e. The molecule has 3 aromatic carbocycles. The second-order valence-electron chi connectivity index (χ2n) is 8.30. The molecule has 5 nitrogen and oxygen atoms in total. The molecule has 0 spiro atoms. The summed E-state index contributed by atoms with van der Waals surface area (Å²) in [7, 11) is 0. The Hall–Kier alpha value is -4.39. The summed E-state index contributed by atoms with van der Waals surface area (Å²) < 4.78 is 28.8. The third-order valence-corrected chi connectivity index (χ3v) is 5.82. The second kappa shape index (κ2) is 9.46. The van der Waals surface area contributed by atoms with Crippen molar-refractivity contribution in [2.45, 2.75) is 19.8 Å². The van der Waals surface area contributed by atoms with Crippen molar-refractivity contribution in [3.8, 4) is 11.3 Å². The van der Waals surface area contributed by atoms with Gasteiger partial charge in [0.2, 0.25) is 0 Å². The Kier molecular flexibility index (Phi) is 6.06. The van der Waals surface area contributed by atoms with Gasteiger partial charge in [-0.2, -0.15) is 5.10 Å². The van der Waals surface area contributed by atoms with Crippen LogP contribution in [0, 0.1) is 6.92 Å². The number of hydrogen-bond donors (Lipinski definition) is 1. The van der Waals surface area contributed by atoms with Crippen molar-refractivity contribution in [2.75, 3.05) is 5.32 Å². The number of carbonyl (C=O) groups is 1. The van der Waals surface area contributed by atoms with E-state index in [0.29, 0.717) is 23.4 Å². The van der Waals surface area contributed by atoms with E-state index < -0.39 is 12.3 Å². The molecule has 7 heteroatoms. The molecule has 0 atom stereocenters. The molecule has 0 aliphatic carbocycles. The molecule has 0 saturated carbocycles. The lowest BCUT2D eigenvalue weighted by atomic mass is 10.0. The summed E-state index contributed by atoms with van der Waals surface area (Å²) in [6, 6.07) is 26.2. The molecular weight excluding hydrogens is 446 g/mol. The number of benzene rings is 3. The van der Waals surface area contributed by atoms with Crippen LogP contribution in [0.3, 0.4) is 0 Å². The van der Waals surface area contributed by atoms with Crippen LogP contribution >= 0.6 is 0 Å². The van der Waals surface area contributed by atoms with Gasteiger partial charge >= 0.3 is 0 Å². The van der Waals surface area contributed by atoms with Crippen molar-refractivity contribution in [1.29, 1.82) is 0 Å². The summed E-state index contributed by atoms with van der Waals surface area (Å²) in [5.74, 6) is -0.464. The highest BCUT2D eigenvalue weighted by Gasteiger charge is 2.22. The first-order chi connectivity index (χ1) is 17.0. The smallest absolute Gasteiger partial charge is 0.280 e. The van der Waals surface area contributed by atoms with Gasteiger partial charge in [-0.1, -0.05) is 78.4 Å². The van der Waals surface area contributed by atoms with E-state index in [0.717, 1.165) is 21.2 Å². The minimum absolute atomic E-state index is 0.0800. The fourth-order valence-corrected chi connectivity index (χ4v) is 3.98. The summed E-state index contributed by atoms with van der Waals surface area (Å²) in [5.41, 5.74) is 4.64. The van der Waals surface area contributed by atoms with Crippen molar-refractivity contribution < 1.29 is 13.6 Å². The monoisotopic (exact) mass is 468 g/mol. The lowest BCUT2D eigenvalue weighted by molar-refractivity contribution is 0.102. The number of aryl methyl sites for hydroxylation is 1. The number of nitrogens with zero attached hydrogens (tertiary/aromatic N) is 3. The first kappa shape index (κ1) is 22.4. The molecule has 0 unspecified atom stereocenters. The van der Waals surface area contributed by atoms with Crippen LogP contribution in [0.1, 0.15) is 39.2 Å². The van der Waals surface area contributed by atoms with Crippen LogP contribution in [-0.4, -0.2) is 20.5 Å². The topological polar surface area (TPSA) is 59.3 Å². The van der Waals surface area contributed by atoms with Gasteiger partial charge in [-0.25, -0.2) is 18.3 Å². The first-order valence-corrected chi connectivity index (χ1v) is 11.2. The average molecular weight is 469 g/mol.